The van der Waals surface area contributed by atoms with Crippen LogP contribution in [0.5, 0.6) is 0 Å². The average molecular weight is 404 g/mol. The molecule has 2 heterocycles. The number of amides is 1. The number of nitrogens with zero attached hydrogens (tertiary/aromatic N) is 5. The zero-order chi connectivity index (χ0) is 21.2. The van der Waals surface area contributed by atoms with Gasteiger partial charge in [-0.1, -0.05) is 6.92 Å². The first-order valence-electron chi connectivity index (χ1n) is 8.35. The molecule has 8 nitrogen and oxygen atoms in total. The molecule has 0 bridgehead atoms. The minimum atomic E-state index is -4.57. The predicted molar refractivity (Wildman–Crippen MR) is 97.6 cm³/mol. The summed E-state index contributed by atoms with van der Waals surface area (Å²) in [7, 11) is 0. The van der Waals surface area contributed by atoms with E-state index < -0.39 is 23.3 Å². The lowest BCUT2D eigenvalue weighted by molar-refractivity contribution is -0.137. The number of hydrogen-bond acceptors (Lipinski definition) is 5. The fraction of sp³-hybridized carbons (Fsp3) is 0.167. The molecule has 0 aliphatic carbocycles. The van der Waals surface area contributed by atoms with Gasteiger partial charge in [-0.2, -0.15) is 23.0 Å². The molecule has 2 aromatic heterocycles. The van der Waals surface area contributed by atoms with Gasteiger partial charge in [0, 0.05) is 24.2 Å². The van der Waals surface area contributed by atoms with Crippen molar-refractivity contribution in [1.29, 1.82) is 0 Å². The van der Waals surface area contributed by atoms with Crippen LogP contribution in [0.1, 0.15) is 23.6 Å². The number of hydrogen-bond donors (Lipinski definition) is 1. The molecule has 3 rings (SSSR count). The molecule has 0 spiro atoms. The Kier molecular flexibility index (Phi) is 5.31. The van der Waals surface area contributed by atoms with Gasteiger partial charge in [0.25, 0.3) is 5.91 Å². The minimum absolute atomic E-state index is 0.0440. The van der Waals surface area contributed by atoms with Crippen LogP contribution in [0.4, 0.5) is 13.2 Å². The maximum absolute atomic E-state index is 13.2. The molecular formula is C18H15F3N6O2. The van der Waals surface area contributed by atoms with Gasteiger partial charge in [-0.25, -0.2) is 14.8 Å². The van der Waals surface area contributed by atoms with Crippen LogP contribution in [-0.2, 0) is 17.4 Å². The van der Waals surface area contributed by atoms with E-state index in [4.69, 9.17) is 5.73 Å². The van der Waals surface area contributed by atoms with Crippen molar-refractivity contribution in [2.45, 2.75) is 19.5 Å². The van der Waals surface area contributed by atoms with Crippen molar-refractivity contribution in [3.05, 3.63) is 70.4 Å². The molecule has 0 aliphatic rings. The lowest BCUT2D eigenvalue weighted by atomic mass is 10.1. The second kappa shape index (κ2) is 7.70. The first kappa shape index (κ1) is 20.0. The summed E-state index contributed by atoms with van der Waals surface area (Å²) >= 11 is 0. The smallest absolute Gasteiger partial charge is 0.366 e. The molecule has 2 N–H and O–H groups in total. The number of carbonyl (C=O) groups is 1. The molecule has 1 aromatic carbocycles. The van der Waals surface area contributed by atoms with E-state index in [0.717, 1.165) is 33.9 Å². The predicted octanol–water partition coefficient (Wildman–Crippen LogP) is 1.89. The SMILES string of the molecule is CCc1cc(-n2ncn(/C=C(/C(N)=O)c3cncnc3)c2=O)cc(C(F)(F)F)c1. The number of aromatic nitrogens is 5. The van der Waals surface area contributed by atoms with Gasteiger partial charge in [-0.05, 0) is 30.2 Å². The number of primary amides is 1. The lowest BCUT2D eigenvalue weighted by Gasteiger charge is -2.11. The van der Waals surface area contributed by atoms with Crippen LogP contribution in [0.25, 0.3) is 17.5 Å². The van der Waals surface area contributed by atoms with E-state index in [2.05, 4.69) is 15.1 Å². The van der Waals surface area contributed by atoms with Gasteiger partial charge in [0.05, 0.1) is 16.8 Å². The molecule has 1 amide bonds. The Balaban J connectivity index is 2.11. The van der Waals surface area contributed by atoms with Crippen LogP contribution < -0.4 is 11.4 Å². The highest BCUT2D eigenvalue weighted by molar-refractivity contribution is 6.22. The topological polar surface area (TPSA) is 109 Å². The Morgan fingerprint density at radius 1 is 1.21 bits per heavy atom. The zero-order valence-electron chi connectivity index (χ0n) is 15.1. The van der Waals surface area contributed by atoms with Crippen LogP contribution in [0.2, 0.25) is 0 Å². The molecule has 0 atom stereocenters. The van der Waals surface area contributed by atoms with Crippen LogP contribution >= 0.6 is 0 Å². The fourth-order valence-electron chi connectivity index (χ4n) is 2.60. The van der Waals surface area contributed by atoms with Gasteiger partial charge in [0.1, 0.15) is 12.7 Å². The average Bonchev–Trinajstić information content (AvgIpc) is 3.05. The molecule has 0 aliphatic heterocycles. The summed E-state index contributed by atoms with van der Waals surface area (Å²) in [5.41, 5.74) is 4.25. The number of rotatable bonds is 5. The molecule has 11 heteroatoms. The maximum Gasteiger partial charge on any atom is 0.416 e. The highest BCUT2D eigenvalue weighted by atomic mass is 19.4. The standard InChI is InChI=1S/C18H15F3N6O2/c1-2-11-3-13(18(19,20)21)5-14(4-11)27-17(29)26(10-25-27)8-15(16(22)28)12-6-23-9-24-7-12/h3-10H,2H2,1H3,(H2,22,28)/b15-8+. The normalized spacial score (nSPS) is 12.2. The number of carbonyl (C=O) groups excluding carboxylic acids is 1. The van der Waals surface area contributed by atoms with Crippen LogP contribution in [0.3, 0.4) is 0 Å². The van der Waals surface area contributed by atoms with Crippen LogP contribution in [0, 0.1) is 0 Å². The van der Waals surface area contributed by atoms with Crippen molar-refractivity contribution in [1.82, 2.24) is 24.3 Å². The monoisotopic (exact) mass is 404 g/mol. The summed E-state index contributed by atoms with van der Waals surface area (Å²) in [6, 6.07) is 3.30. The second-order valence-corrected chi connectivity index (χ2v) is 6.01. The second-order valence-electron chi connectivity index (χ2n) is 6.01. The maximum atomic E-state index is 13.2. The Labute approximate surface area is 162 Å². The summed E-state index contributed by atoms with van der Waals surface area (Å²) in [4.78, 5) is 32.0. The van der Waals surface area contributed by atoms with Gasteiger partial charge in [-0.3, -0.25) is 9.36 Å². The highest BCUT2D eigenvalue weighted by Gasteiger charge is 2.31. The fourth-order valence-corrected chi connectivity index (χ4v) is 2.60. The van der Waals surface area contributed by atoms with E-state index in [0.29, 0.717) is 12.0 Å². The Morgan fingerprint density at radius 2 is 1.90 bits per heavy atom. The first-order chi connectivity index (χ1) is 13.7. The van der Waals surface area contributed by atoms with E-state index in [1.807, 2.05) is 0 Å². The Bertz CT molecular complexity index is 1130. The summed E-state index contributed by atoms with van der Waals surface area (Å²) < 4.78 is 41.3. The van der Waals surface area contributed by atoms with Crippen molar-refractivity contribution >= 4 is 17.7 Å². The molecular weight excluding hydrogens is 389 g/mol. The van der Waals surface area contributed by atoms with Crippen molar-refractivity contribution in [3.63, 3.8) is 0 Å². The number of nitrogens with two attached hydrogens (primary N) is 1. The summed E-state index contributed by atoms with van der Waals surface area (Å²) in [5.74, 6) is -0.841. The molecule has 150 valence electrons. The van der Waals surface area contributed by atoms with Crippen LogP contribution in [0.15, 0.2) is 48.0 Å². The number of halogens is 3. The number of alkyl halides is 3. The van der Waals surface area contributed by atoms with E-state index in [-0.39, 0.29) is 16.8 Å². The molecule has 0 unspecified atom stereocenters. The van der Waals surface area contributed by atoms with E-state index in [1.165, 1.54) is 24.8 Å². The van der Waals surface area contributed by atoms with Crippen LogP contribution in [-0.4, -0.2) is 30.2 Å². The van der Waals surface area contributed by atoms with Gasteiger partial charge in [0.2, 0.25) is 0 Å². The molecule has 29 heavy (non-hydrogen) atoms. The first-order valence-corrected chi connectivity index (χ1v) is 8.35. The molecule has 0 radical (unpaired) electrons. The molecule has 3 aromatic rings. The number of aryl methyl sites for hydroxylation is 1. The van der Waals surface area contributed by atoms with Gasteiger partial charge in [-0.15, -0.1) is 0 Å². The number of benzene rings is 1. The van der Waals surface area contributed by atoms with Crippen molar-refractivity contribution < 1.29 is 18.0 Å². The third-order valence-corrected chi connectivity index (χ3v) is 4.06. The zero-order valence-corrected chi connectivity index (χ0v) is 15.1. The summed E-state index contributed by atoms with van der Waals surface area (Å²) in [6.45, 7) is 1.70. The van der Waals surface area contributed by atoms with Gasteiger partial charge >= 0.3 is 11.9 Å². The van der Waals surface area contributed by atoms with Crippen molar-refractivity contribution in [2.75, 3.05) is 0 Å². The van der Waals surface area contributed by atoms with Crippen molar-refractivity contribution in [2.24, 2.45) is 5.73 Å². The molecule has 0 fully saturated rings. The van der Waals surface area contributed by atoms with Gasteiger partial charge in [0.15, 0.2) is 0 Å². The van der Waals surface area contributed by atoms with Gasteiger partial charge < -0.3 is 5.73 Å². The Hall–Kier alpha value is -3.76. The molecule has 0 saturated carbocycles. The largest absolute Gasteiger partial charge is 0.416 e. The third kappa shape index (κ3) is 4.23. The Morgan fingerprint density at radius 3 is 2.48 bits per heavy atom. The molecule has 0 saturated heterocycles. The van der Waals surface area contributed by atoms with E-state index >= 15 is 0 Å². The van der Waals surface area contributed by atoms with E-state index in [9.17, 15) is 22.8 Å². The minimum Gasteiger partial charge on any atom is -0.366 e. The summed E-state index contributed by atoms with van der Waals surface area (Å²) in [6.07, 6.45) is 1.89. The lowest BCUT2D eigenvalue weighted by Crippen LogP contribution is -2.23. The van der Waals surface area contributed by atoms with E-state index in [1.54, 1.807) is 6.92 Å². The highest BCUT2D eigenvalue weighted by Crippen LogP contribution is 2.31. The third-order valence-electron chi connectivity index (χ3n) is 4.06. The summed E-state index contributed by atoms with van der Waals surface area (Å²) in [5, 5.41) is 3.86. The van der Waals surface area contributed by atoms with Crippen molar-refractivity contribution in [3.8, 4) is 5.69 Å². The quantitative estimate of drug-likeness (QED) is 0.654.